The molecule has 0 unspecified atom stereocenters. The second kappa shape index (κ2) is 6.67. The predicted molar refractivity (Wildman–Crippen MR) is 107 cm³/mol. The molecule has 7 heteroatoms. The van der Waals surface area contributed by atoms with E-state index < -0.39 is 17.3 Å². The van der Waals surface area contributed by atoms with E-state index in [1.165, 1.54) is 4.57 Å². The minimum Gasteiger partial charge on any atom is -0.494 e. The highest BCUT2D eigenvalue weighted by atomic mass is 16.3. The number of nitrogens with zero attached hydrogens (tertiary/aromatic N) is 1. The van der Waals surface area contributed by atoms with Crippen LogP contribution in [0.4, 0.5) is 0 Å². The SMILES string of the molecule is O=c1[nH]c(=O)n(C2CCCCC2)c(O)c1[C@H]1NCCc2c1[nH]c1ccccc21. The van der Waals surface area contributed by atoms with E-state index in [-0.39, 0.29) is 17.5 Å². The van der Waals surface area contributed by atoms with Crippen molar-refractivity contribution < 1.29 is 5.11 Å². The van der Waals surface area contributed by atoms with Crippen LogP contribution in [0, 0.1) is 0 Å². The van der Waals surface area contributed by atoms with Crippen molar-refractivity contribution >= 4 is 10.9 Å². The fourth-order valence-corrected chi connectivity index (χ4v) is 4.92. The van der Waals surface area contributed by atoms with Crippen LogP contribution in [-0.2, 0) is 6.42 Å². The zero-order valence-corrected chi connectivity index (χ0v) is 15.6. The molecule has 1 aromatic carbocycles. The lowest BCUT2D eigenvalue weighted by Crippen LogP contribution is -2.40. The van der Waals surface area contributed by atoms with Crippen LogP contribution < -0.4 is 16.6 Å². The first-order chi connectivity index (χ1) is 13.6. The van der Waals surface area contributed by atoms with Crippen LogP contribution in [0.3, 0.4) is 0 Å². The monoisotopic (exact) mass is 380 g/mol. The fourth-order valence-electron chi connectivity index (χ4n) is 4.92. The van der Waals surface area contributed by atoms with Gasteiger partial charge in [0.05, 0.1) is 6.04 Å². The van der Waals surface area contributed by atoms with Crippen molar-refractivity contribution in [3.05, 3.63) is 61.9 Å². The van der Waals surface area contributed by atoms with E-state index in [1.807, 2.05) is 18.2 Å². The number of hydrogen-bond donors (Lipinski definition) is 4. The number of H-pyrrole nitrogens is 2. The highest BCUT2D eigenvalue weighted by Gasteiger charge is 2.32. The molecular weight excluding hydrogens is 356 g/mol. The van der Waals surface area contributed by atoms with Gasteiger partial charge in [0.2, 0.25) is 5.88 Å². The molecule has 0 saturated heterocycles. The molecule has 146 valence electrons. The van der Waals surface area contributed by atoms with Crippen LogP contribution >= 0.6 is 0 Å². The molecule has 1 aliphatic heterocycles. The summed E-state index contributed by atoms with van der Waals surface area (Å²) in [6.07, 6.45) is 5.72. The summed E-state index contributed by atoms with van der Waals surface area (Å²) in [5.41, 5.74) is 2.23. The molecule has 5 rings (SSSR count). The molecule has 1 aliphatic carbocycles. The number of hydrogen-bond acceptors (Lipinski definition) is 4. The van der Waals surface area contributed by atoms with Crippen LogP contribution in [0.25, 0.3) is 10.9 Å². The molecule has 3 heterocycles. The van der Waals surface area contributed by atoms with Gasteiger partial charge < -0.3 is 15.4 Å². The minimum atomic E-state index is -0.529. The fraction of sp³-hybridized carbons (Fsp3) is 0.429. The molecule has 0 bridgehead atoms. The van der Waals surface area contributed by atoms with Gasteiger partial charge in [0, 0.05) is 29.2 Å². The molecule has 4 N–H and O–H groups in total. The van der Waals surface area contributed by atoms with Crippen molar-refractivity contribution in [1.82, 2.24) is 19.9 Å². The van der Waals surface area contributed by atoms with Gasteiger partial charge in [0.1, 0.15) is 5.56 Å². The van der Waals surface area contributed by atoms with E-state index in [2.05, 4.69) is 21.4 Å². The Morgan fingerprint density at radius 2 is 1.82 bits per heavy atom. The van der Waals surface area contributed by atoms with Gasteiger partial charge in [-0.1, -0.05) is 37.5 Å². The highest BCUT2D eigenvalue weighted by molar-refractivity contribution is 5.85. The molecule has 2 aromatic heterocycles. The molecule has 3 aromatic rings. The van der Waals surface area contributed by atoms with Gasteiger partial charge in [-0.3, -0.25) is 14.3 Å². The molecule has 0 amide bonds. The van der Waals surface area contributed by atoms with Crippen molar-refractivity contribution in [3.8, 4) is 5.88 Å². The Hall–Kier alpha value is -2.80. The number of rotatable bonds is 2. The highest BCUT2D eigenvalue weighted by Crippen LogP contribution is 2.36. The third-order valence-corrected chi connectivity index (χ3v) is 6.24. The van der Waals surface area contributed by atoms with Gasteiger partial charge in [0.15, 0.2) is 0 Å². The first-order valence-electron chi connectivity index (χ1n) is 10.1. The number of para-hydroxylation sites is 1. The molecule has 1 saturated carbocycles. The Balaban J connectivity index is 1.69. The summed E-state index contributed by atoms with van der Waals surface area (Å²) < 4.78 is 1.40. The number of aromatic amines is 2. The van der Waals surface area contributed by atoms with Gasteiger partial charge >= 0.3 is 5.69 Å². The Morgan fingerprint density at radius 1 is 1.04 bits per heavy atom. The lowest BCUT2D eigenvalue weighted by atomic mass is 9.93. The summed E-state index contributed by atoms with van der Waals surface area (Å²) in [4.78, 5) is 31.1. The Labute approximate surface area is 161 Å². The second-order valence-corrected chi connectivity index (χ2v) is 7.86. The topological polar surface area (TPSA) is 103 Å². The van der Waals surface area contributed by atoms with Gasteiger partial charge in [-0.15, -0.1) is 0 Å². The average molecular weight is 380 g/mol. The second-order valence-electron chi connectivity index (χ2n) is 7.86. The molecule has 1 fully saturated rings. The maximum atomic E-state index is 12.7. The summed E-state index contributed by atoms with van der Waals surface area (Å²) in [6, 6.07) is 7.51. The normalized spacial score (nSPS) is 20.4. The van der Waals surface area contributed by atoms with Gasteiger partial charge in [-0.2, -0.15) is 0 Å². The average Bonchev–Trinajstić information content (AvgIpc) is 3.08. The lowest BCUT2D eigenvalue weighted by molar-refractivity contribution is 0.293. The maximum Gasteiger partial charge on any atom is 0.331 e. The summed E-state index contributed by atoms with van der Waals surface area (Å²) in [5, 5.41) is 15.5. The quantitative estimate of drug-likeness (QED) is 0.548. The van der Waals surface area contributed by atoms with Crippen molar-refractivity contribution in [2.24, 2.45) is 0 Å². The van der Waals surface area contributed by atoms with Gasteiger partial charge in [-0.25, -0.2) is 4.79 Å². The molecular formula is C21H24N4O3. The van der Waals surface area contributed by atoms with Crippen molar-refractivity contribution in [2.75, 3.05) is 6.54 Å². The van der Waals surface area contributed by atoms with E-state index in [0.29, 0.717) is 6.54 Å². The third kappa shape index (κ3) is 2.61. The van der Waals surface area contributed by atoms with Crippen LogP contribution in [0.15, 0.2) is 33.9 Å². The van der Waals surface area contributed by atoms with Gasteiger partial charge in [0.25, 0.3) is 5.56 Å². The summed E-state index contributed by atoms with van der Waals surface area (Å²) in [5.74, 6) is -0.204. The molecule has 7 nitrogen and oxygen atoms in total. The Morgan fingerprint density at radius 3 is 2.64 bits per heavy atom. The van der Waals surface area contributed by atoms with E-state index in [9.17, 15) is 14.7 Å². The summed E-state index contributed by atoms with van der Waals surface area (Å²) in [6.45, 7) is 0.695. The number of nitrogens with one attached hydrogen (secondary N) is 3. The predicted octanol–water partition coefficient (Wildman–Crippen LogP) is 2.46. The third-order valence-electron chi connectivity index (χ3n) is 6.24. The maximum absolute atomic E-state index is 12.7. The van der Waals surface area contributed by atoms with Crippen LogP contribution in [-0.4, -0.2) is 26.2 Å². The van der Waals surface area contributed by atoms with E-state index in [4.69, 9.17) is 0 Å². The van der Waals surface area contributed by atoms with Crippen LogP contribution in [0.5, 0.6) is 5.88 Å². The number of aromatic nitrogens is 3. The Bertz CT molecular complexity index is 1150. The largest absolute Gasteiger partial charge is 0.494 e. The standard InChI is InChI=1S/C21H24N4O3/c26-19-16(20(27)25(21(28)24-19)12-6-2-1-3-7-12)18-17-14(10-11-22-18)13-8-4-5-9-15(13)23-17/h4-5,8-9,12,18,22-23,27H,1-3,6-7,10-11H2,(H,24,26,28)/t18-/m1/s1. The van der Waals surface area contributed by atoms with Crippen molar-refractivity contribution in [2.45, 2.75) is 50.6 Å². The first-order valence-corrected chi connectivity index (χ1v) is 10.1. The summed E-state index contributed by atoms with van der Waals surface area (Å²) in [7, 11) is 0. The molecule has 2 aliphatic rings. The molecule has 1 atom stereocenters. The molecule has 0 radical (unpaired) electrons. The molecule has 0 spiro atoms. The summed E-state index contributed by atoms with van der Waals surface area (Å²) >= 11 is 0. The Kier molecular flexibility index (Phi) is 4.12. The van der Waals surface area contributed by atoms with Crippen LogP contribution in [0.1, 0.15) is 61.0 Å². The first kappa shape index (κ1) is 17.3. The lowest BCUT2D eigenvalue weighted by Gasteiger charge is -2.28. The number of fused-ring (bicyclic) bond motifs is 3. The van der Waals surface area contributed by atoms with E-state index in [1.54, 1.807) is 0 Å². The van der Waals surface area contributed by atoms with Crippen molar-refractivity contribution in [3.63, 3.8) is 0 Å². The van der Waals surface area contributed by atoms with Gasteiger partial charge in [-0.05, 0) is 30.9 Å². The van der Waals surface area contributed by atoms with Crippen molar-refractivity contribution in [1.29, 1.82) is 0 Å². The number of benzene rings is 1. The number of aromatic hydroxyl groups is 1. The zero-order valence-electron chi connectivity index (χ0n) is 15.6. The van der Waals surface area contributed by atoms with Crippen LogP contribution in [0.2, 0.25) is 0 Å². The van der Waals surface area contributed by atoms with E-state index >= 15 is 0 Å². The molecule has 28 heavy (non-hydrogen) atoms. The zero-order chi connectivity index (χ0) is 19.3. The smallest absolute Gasteiger partial charge is 0.331 e. The minimum absolute atomic E-state index is 0.0670. The van der Waals surface area contributed by atoms with E-state index in [0.717, 1.165) is 60.7 Å².